The molecule has 0 bridgehead atoms. The first-order valence-electron chi connectivity index (χ1n) is 7.07. The van der Waals surface area contributed by atoms with Crippen LogP contribution in [0.2, 0.25) is 0 Å². The second-order valence-corrected chi connectivity index (χ2v) is 5.37. The van der Waals surface area contributed by atoms with Crippen LogP contribution < -0.4 is 10.5 Å². The maximum absolute atomic E-state index is 6.18. The SMILES string of the molecule is Cc1ccc(C)c(OCC(N)c2cc3ccccc3o2)c1. The Morgan fingerprint density at radius 2 is 1.90 bits per heavy atom. The van der Waals surface area contributed by atoms with Crippen molar-refractivity contribution < 1.29 is 9.15 Å². The van der Waals surface area contributed by atoms with E-state index in [2.05, 4.69) is 12.1 Å². The fraction of sp³-hybridized carbons (Fsp3) is 0.222. The summed E-state index contributed by atoms with van der Waals surface area (Å²) in [6.45, 7) is 4.47. The molecule has 1 heterocycles. The topological polar surface area (TPSA) is 48.4 Å². The van der Waals surface area contributed by atoms with Gasteiger partial charge in [0.2, 0.25) is 0 Å². The Bertz CT molecular complexity index is 728. The highest BCUT2D eigenvalue weighted by molar-refractivity contribution is 5.77. The van der Waals surface area contributed by atoms with Gasteiger partial charge in [0.1, 0.15) is 23.7 Å². The predicted octanol–water partition coefficient (Wildman–Crippen LogP) is 4.13. The van der Waals surface area contributed by atoms with Crippen LogP contribution in [0, 0.1) is 13.8 Å². The predicted molar refractivity (Wildman–Crippen MR) is 84.6 cm³/mol. The average molecular weight is 281 g/mol. The molecule has 2 N–H and O–H groups in total. The molecule has 3 nitrogen and oxygen atoms in total. The molecular weight excluding hydrogens is 262 g/mol. The van der Waals surface area contributed by atoms with Crippen LogP contribution in [-0.2, 0) is 0 Å². The molecule has 1 atom stereocenters. The van der Waals surface area contributed by atoms with Crippen molar-refractivity contribution in [1.82, 2.24) is 0 Å². The molecule has 1 unspecified atom stereocenters. The van der Waals surface area contributed by atoms with Crippen molar-refractivity contribution >= 4 is 11.0 Å². The first kappa shape index (κ1) is 13.7. The molecule has 0 amide bonds. The van der Waals surface area contributed by atoms with Gasteiger partial charge in [0.15, 0.2) is 0 Å². The van der Waals surface area contributed by atoms with Gasteiger partial charge in [-0.3, -0.25) is 0 Å². The van der Waals surface area contributed by atoms with Gasteiger partial charge in [0.05, 0.1) is 6.04 Å². The summed E-state index contributed by atoms with van der Waals surface area (Å²) in [7, 11) is 0. The molecule has 0 aliphatic rings. The molecule has 0 fully saturated rings. The largest absolute Gasteiger partial charge is 0.491 e. The Morgan fingerprint density at radius 1 is 1.10 bits per heavy atom. The zero-order valence-corrected chi connectivity index (χ0v) is 12.3. The third-order valence-electron chi connectivity index (χ3n) is 3.57. The number of hydrogen-bond acceptors (Lipinski definition) is 3. The molecule has 2 aromatic carbocycles. The van der Waals surface area contributed by atoms with E-state index in [1.165, 1.54) is 5.56 Å². The molecule has 0 spiro atoms. The van der Waals surface area contributed by atoms with Crippen LogP contribution >= 0.6 is 0 Å². The zero-order valence-electron chi connectivity index (χ0n) is 12.3. The van der Waals surface area contributed by atoms with Gasteiger partial charge >= 0.3 is 0 Å². The summed E-state index contributed by atoms with van der Waals surface area (Å²) < 4.78 is 11.6. The third kappa shape index (κ3) is 2.93. The summed E-state index contributed by atoms with van der Waals surface area (Å²) in [5.74, 6) is 1.63. The molecule has 108 valence electrons. The number of ether oxygens (including phenoxy) is 1. The molecule has 3 rings (SSSR count). The smallest absolute Gasteiger partial charge is 0.134 e. The van der Waals surface area contributed by atoms with Gasteiger partial charge in [-0.2, -0.15) is 0 Å². The van der Waals surface area contributed by atoms with E-state index in [4.69, 9.17) is 14.9 Å². The lowest BCUT2D eigenvalue weighted by Crippen LogP contribution is -2.18. The van der Waals surface area contributed by atoms with Crippen molar-refractivity contribution in [2.75, 3.05) is 6.61 Å². The molecular formula is C18H19NO2. The highest BCUT2D eigenvalue weighted by Crippen LogP contribution is 2.24. The van der Waals surface area contributed by atoms with E-state index < -0.39 is 0 Å². The van der Waals surface area contributed by atoms with E-state index in [1.807, 2.05) is 50.2 Å². The van der Waals surface area contributed by atoms with E-state index in [1.54, 1.807) is 0 Å². The second kappa shape index (κ2) is 5.62. The Balaban J connectivity index is 1.74. The standard InChI is InChI=1S/C18H19NO2/c1-12-7-8-13(2)17(9-12)20-11-15(19)18-10-14-5-3-4-6-16(14)21-18/h3-10,15H,11,19H2,1-2H3. The third-order valence-corrected chi connectivity index (χ3v) is 3.57. The van der Waals surface area contributed by atoms with Gasteiger partial charge in [-0.25, -0.2) is 0 Å². The Morgan fingerprint density at radius 3 is 2.71 bits per heavy atom. The molecule has 0 saturated heterocycles. The molecule has 3 aromatic rings. The lowest BCUT2D eigenvalue weighted by molar-refractivity contribution is 0.273. The summed E-state index contributed by atoms with van der Waals surface area (Å²) in [5.41, 5.74) is 9.31. The van der Waals surface area contributed by atoms with Crippen LogP contribution in [-0.4, -0.2) is 6.61 Å². The number of aryl methyl sites for hydroxylation is 2. The fourth-order valence-corrected chi connectivity index (χ4v) is 2.31. The minimum atomic E-state index is -0.280. The number of fused-ring (bicyclic) bond motifs is 1. The molecule has 1 aromatic heterocycles. The number of hydrogen-bond donors (Lipinski definition) is 1. The van der Waals surface area contributed by atoms with Crippen molar-refractivity contribution in [2.24, 2.45) is 5.73 Å². The van der Waals surface area contributed by atoms with E-state index in [-0.39, 0.29) is 6.04 Å². The lowest BCUT2D eigenvalue weighted by Gasteiger charge is -2.13. The van der Waals surface area contributed by atoms with Crippen molar-refractivity contribution in [3.8, 4) is 5.75 Å². The van der Waals surface area contributed by atoms with Gasteiger partial charge in [-0.15, -0.1) is 0 Å². The van der Waals surface area contributed by atoms with E-state index in [0.29, 0.717) is 6.61 Å². The Hall–Kier alpha value is -2.26. The van der Waals surface area contributed by atoms with Crippen LogP contribution in [0.5, 0.6) is 5.75 Å². The number of para-hydroxylation sites is 1. The van der Waals surface area contributed by atoms with E-state index >= 15 is 0 Å². The molecule has 0 saturated carbocycles. The summed E-state index contributed by atoms with van der Waals surface area (Å²) in [4.78, 5) is 0. The monoisotopic (exact) mass is 281 g/mol. The van der Waals surface area contributed by atoms with Crippen LogP contribution in [0.25, 0.3) is 11.0 Å². The second-order valence-electron chi connectivity index (χ2n) is 5.37. The van der Waals surface area contributed by atoms with E-state index in [0.717, 1.165) is 28.0 Å². The molecule has 0 aliphatic carbocycles. The van der Waals surface area contributed by atoms with Crippen LogP contribution in [0.1, 0.15) is 22.9 Å². The maximum atomic E-state index is 6.18. The van der Waals surface area contributed by atoms with Gasteiger partial charge in [0, 0.05) is 5.39 Å². The van der Waals surface area contributed by atoms with Crippen molar-refractivity contribution in [3.63, 3.8) is 0 Å². The molecule has 0 radical (unpaired) electrons. The van der Waals surface area contributed by atoms with Gasteiger partial charge in [-0.1, -0.05) is 30.3 Å². The highest BCUT2D eigenvalue weighted by Gasteiger charge is 2.13. The normalized spacial score (nSPS) is 12.5. The Kier molecular flexibility index (Phi) is 3.67. The van der Waals surface area contributed by atoms with E-state index in [9.17, 15) is 0 Å². The summed E-state index contributed by atoms with van der Waals surface area (Å²) in [5, 5.41) is 1.06. The Labute approximate surface area is 124 Å². The quantitative estimate of drug-likeness (QED) is 0.782. The van der Waals surface area contributed by atoms with Crippen molar-refractivity contribution in [1.29, 1.82) is 0 Å². The van der Waals surface area contributed by atoms with Crippen molar-refractivity contribution in [3.05, 3.63) is 65.4 Å². The minimum absolute atomic E-state index is 0.280. The summed E-state index contributed by atoms with van der Waals surface area (Å²) >= 11 is 0. The van der Waals surface area contributed by atoms with Crippen LogP contribution in [0.4, 0.5) is 0 Å². The summed E-state index contributed by atoms with van der Waals surface area (Å²) in [6, 6.07) is 15.7. The summed E-state index contributed by atoms with van der Waals surface area (Å²) in [6.07, 6.45) is 0. The molecule has 0 aliphatic heterocycles. The first-order valence-corrected chi connectivity index (χ1v) is 7.07. The molecule has 21 heavy (non-hydrogen) atoms. The van der Waals surface area contributed by atoms with Gasteiger partial charge < -0.3 is 14.9 Å². The fourth-order valence-electron chi connectivity index (χ4n) is 2.31. The highest BCUT2D eigenvalue weighted by atomic mass is 16.5. The van der Waals surface area contributed by atoms with Crippen LogP contribution in [0.3, 0.4) is 0 Å². The van der Waals surface area contributed by atoms with Crippen molar-refractivity contribution in [2.45, 2.75) is 19.9 Å². The van der Waals surface area contributed by atoms with Gasteiger partial charge in [-0.05, 0) is 43.2 Å². The molecule has 3 heteroatoms. The average Bonchev–Trinajstić information content (AvgIpc) is 2.92. The number of furan rings is 1. The first-order chi connectivity index (χ1) is 10.1. The van der Waals surface area contributed by atoms with Gasteiger partial charge in [0.25, 0.3) is 0 Å². The lowest BCUT2D eigenvalue weighted by atomic mass is 10.1. The zero-order chi connectivity index (χ0) is 14.8. The number of benzene rings is 2. The maximum Gasteiger partial charge on any atom is 0.134 e. The van der Waals surface area contributed by atoms with Crippen LogP contribution in [0.15, 0.2) is 52.9 Å². The minimum Gasteiger partial charge on any atom is -0.491 e. The number of nitrogens with two attached hydrogens (primary N) is 1. The number of rotatable bonds is 4.